The second kappa shape index (κ2) is 5.46. The summed E-state index contributed by atoms with van der Waals surface area (Å²) in [7, 11) is 0. The van der Waals surface area contributed by atoms with Crippen LogP contribution < -0.4 is 5.73 Å². The molecule has 0 atom stereocenters. The lowest BCUT2D eigenvalue weighted by Crippen LogP contribution is -2.28. The van der Waals surface area contributed by atoms with Crippen molar-refractivity contribution in [1.82, 2.24) is 4.90 Å². The summed E-state index contributed by atoms with van der Waals surface area (Å²) in [5.74, 6) is 0. The maximum Gasteiger partial charge on any atom is 0.0236 e. The van der Waals surface area contributed by atoms with E-state index in [4.69, 9.17) is 5.73 Å². The largest absolute Gasteiger partial charge is 0.330 e. The lowest BCUT2D eigenvalue weighted by molar-refractivity contribution is 0.253. The maximum absolute atomic E-state index is 5.58. The quantitative estimate of drug-likeness (QED) is 0.794. The molecule has 2 N–H and O–H groups in total. The van der Waals surface area contributed by atoms with Crippen LogP contribution in [0.1, 0.15) is 30.4 Å². The summed E-state index contributed by atoms with van der Waals surface area (Å²) in [6.45, 7) is 5.17. The van der Waals surface area contributed by atoms with Crippen molar-refractivity contribution in [3.05, 3.63) is 35.4 Å². The van der Waals surface area contributed by atoms with Crippen LogP contribution in [0.2, 0.25) is 0 Å². The second-order valence-corrected chi connectivity index (χ2v) is 4.83. The lowest BCUT2D eigenvalue weighted by Gasteiger charge is -2.21. The second-order valence-electron chi connectivity index (χ2n) is 4.83. The van der Waals surface area contributed by atoms with Gasteiger partial charge in [-0.3, -0.25) is 4.90 Å². The number of rotatable bonds is 6. The molecule has 1 aliphatic carbocycles. The highest BCUT2D eigenvalue weighted by atomic mass is 15.2. The van der Waals surface area contributed by atoms with Crippen LogP contribution in [0.5, 0.6) is 0 Å². The van der Waals surface area contributed by atoms with Gasteiger partial charge in [0.05, 0.1) is 0 Å². The summed E-state index contributed by atoms with van der Waals surface area (Å²) in [6, 6.07) is 9.71. The fraction of sp³-hybridized carbons (Fsp3) is 0.571. The van der Waals surface area contributed by atoms with Crippen molar-refractivity contribution < 1.29 is 0 Å². The van der Waals surface area contributed by atoms with E-state index in [1.807, 2.05) is 0 Å². The van der Waals surface area contributed by atoms with E-state index in [0.29, 0.717) is 0 Å². The number of hydrogen-bond acceptors (Lipinski definition) is 2. The zero-order valence-corrected chi connectivity index (χ0v) is 10.2. The zero-order valence-electron chi connectivity index (χ0n) is 10.2. The third-order valence-electron chi connectivity index (χ3n) is 3.22. The fourth-order valence-corrected chi connectivity index (χ4v) is 2.05. The molecule has 0 bridgehead atoms. The molecular weight excluding hydrogens is 196 g/mol. The molecular formula is C14H22N2. The van der Waals surface area contributed by atoms with Crippen LogP contribution in [-0.4, -0.2) is 24.0 Å². The number of benzene rings is 1. The molecule has 0 spiro atoms. The van der Waals surface area contributed by atoms with E-state index in [2.05, 4.69) is 36.1 Å². The smallest absolute Gasteiger partial charge is 0.0236 e. The molecule has 16 heavy (non-hydrogen) atoms. The predicted octanol–water partition coefficient (Wildman–Crippen LogP) is 2.31. The Hall–Kier alpha value is -0.860. The van der Waals surface area contributed by atoms with Crippen LogP contribution in [0.25, 0.3) is 0 Å². The van der Waals surface area contributed by atoms with E-state index in [1.54, 1.807) is 0 Å². The molecule has 88 valence electrons. The third kappa shape index (κ3) is 3.32. The molecule has 1 aromatic rings. The molecule has 1 saturated carbocycles. The Balaban J connectivity index is 1.91. The first-order valence-corrected chi connectivity index (χ1v) is 6.29. The lowest BCUT2D eigenvalue weighted by atomic mass is 10.1. The summed E-state index contributed by atoms with van der Waals surface area (Å²) in [5.41, 5.74) is 8.35. The highest BCUT2D eigenvalue weighted by Gasteiger charge is 2.28. The van der Waals surface area contributed by atoms with E-state index in [1.165, 1.54) is 24.0 Å². The van der Waals surface area contributed by atoms with Crippen molar-refractivity contribution in [1.29, 1.82) is 0 Å². The maximum atomic E-state index is 5.58. The molecule has 0 saturated heterocycles. The number of nitrogens with two attached hydrogens (primary N) is 1. The Labute approximate surface area is 98.4 Å². The minimum atomic E-state index is 0.803. The highest BCUT2D eigenvalue weighted by Crippen LogP contribution is 2.28. The van der Waals surface area contributed by atoms with Crippen LogP contribution >= 0.6 is 0 Å². The van der Waals surface area contributed by atoms with Gasteiger partial charge in [0.25, 0.3) is 0 Å². The van der Waals surface area contributed by atoms with E-state index >= 15 is 0 Å². The van der Waals surface area contributed by atoms with E-state index in [9.17, 15) is 0 Å². The first-order chi connectivity index (χ1) is 7.79. The average Bonchev–Trinajstić information content (AvgIpc) is 3.11. The first kappa shape index (κ1) is 11.6. The molecule has 1 fully saturated rings. The summed E-state index contributed by atoms with van der Waals surface area (Å²) >= 11 is 0. The van der Waals surface area contributed by atoms with Crippen LogP contribution in [0.4, 0.5) is 0 Å². The Morgan fingerprint density at radius 1 is 1.25 bits per heavy atom. The van der Waals surface area contributed by atoms with Crippen molar-refractivity contribution in [3.63, 3.8) is 0 Å². The Kier molecular flexibility index (Phi) is 3.97. The summed E-state index contributed by atoms with van der Waals surface area (Å²) in [6.07, 6.45) is 3.86. The average molecular weight is 218 g/mol. The van der Waals surface area contributed by atoms with E-state index in [0.717, 1.165) is 32.1 Å². The molecule has 2 rings (SSSR count). The molecule has 2 heteroatoms. The standard InChI is InChI=1S/C14H22N2/c1-12-3-5-13(6-4-12)11-16(10-2-9-15)14-7-8-14/h3-6,14H,2,7-11,15H2,1H3. The number of aryl methyl sites for hydroxylation is 1. The van der Waals surface area contributed by atoms with Gasteiger partial charge in [0.15, 0.2) is 0 Å². The molecule has 1 aliphatic rings. The van der Waals surface area contributed by atoms with E-state index < -0.39 is 0 Å². The summed E-state index contributed by atoms with van der Waals surface area (Å²) in [4.78, 5) is 2.58. The molecule has 0 aromatic heterocycles. The van der Waals surface area contributed by atoms with Gasteiger partial charge in [0.2, 0.25) is 0 Å². The molecule has 2 nitrogen and oxygen atoms in total. The topological polar surface area (TPSA) is 29.3 Å². The van der Waals surface area contributed by atoms with Gasteiger partial charge in [-0.1, -0.05) is 29.8 Å². The van der Waals surface area contributed by atoms with Gasteiger partial charge in [-0.15, -0.1) is 0 Å². The van der Waals surface area contributed by atoms with Gasteiger partial charge in [-0.05, 0) is 44.8 Å². The molecule has 0 aliphatic heterocycles. The molecule has 1 aromatic carbocycles. The van der Waals surface area contributed by atoms with Gasteiger partial charge in [-0.25, -0.2) is 0 Å². The third-order valence-corrected chi connectivity index (χ3v) is 3.22. The normalized spacial score (nSPS) is 15.7. The van der Waals surface area contributed by atoms with Gasteiger partial charge < -0.3 is 5.73 Å². The zero-order chi connectivity index (χ0) is 11.4. The molecule has 0 heterocycles. The summed E-state index contributed by atoms with van der Waals surface area (Å²) < 4.78 is 0. The van der Waals surface area contributed by atoms with E-state index in [-0.39, 0.29) is 0 Å². The van der Waals surface area contributed by atoms with Gasteiger partial charge in [0.1, 0.15) is 0 Å². The Morgan fingerprint density at radius 3 is 2.50 bits per heavy atom. The molecule has 0 radical (unpaired) electrons. The van der Waals surface area contributed by atoms with Crippen molar-refractivity contribution in [3.8, 4) is 0 Å². The first-order valence-electron chi connectivity index (χ1n) is 6.29. The van der Waals surface area contributed by atoms with Crippen molar-refractivity contribution >= 4 is 0 Å². The minimum absolute atomic E-state index is 0.803. The fourth-order valence-electron chi connectivity index (χ4n) is 2.05. The minimum Gasteiger partial charge on any atom is -0.330 e. The Bertz CT molecular complexity index is 314. The van der Waals surface area contributed by atoms with Crippen LogP contribution in [0, 0.1) is 6.92 Å². The number of hydrogen-bond donors (Lipinski definition) is 1. The van der Waals surface area contributed by atoms with Crippen LogP contribution in [0.15, 0.2) is 24.3 Å². The summed E-state index contributed by atoms with van der Waals surface area (Å²) in [5, 5.41) is 0. The highest BCUT2D eigenvalue weighted by molar-refractivity contribution is 5.21. The van der Waals surface area contributed by atoms with Crippen molar-refractivity contribution in [2.45, 2.75) is 38.8 Å². The number of nitrogens with zero attached hydrogens (tertiary/aromatic N) is 1. The van der Waals surface area contributed by atoms with Crippen molar-refractivity contribution in [2.24, 2.45) is 5.73 Å². The van der Waals surface area contributed by atoms with Gasteiger partial charge in [-0.2, -0.15) is 0 Å². The van der Waals surface area contributed by atoms with Gasteiger partial charge in [0, 0.05) is 12.6 Å². The van der Waals surface area contributed by atoms with Crippen LogP contribution in [-0.2, 0) is 6.54 Å². The van der Waals surface area contributed by atoms with Gasteiger partial charge >= 0.3 is 0 Å². The molecule has 0 unspecified atom stereocenters. The Morgan fingerprint density at radius 2 is 1.94 bits per heavy atom. The molecule has 0 amide bonds. The van der Waals surface area contributed by atoms with Crippen LogP contribution in [0.3, 0.4) is 0 Å². The van der Waals surface area contributed by atoms with Crippen molar-refractivity contribution in [2.75, 3.05) is 13.1 Å². The monoisotopic (exact) mass is 218 g/mol. The predicted molar refractivity (Wildman–Crippen MR) is 68.3 cm³/mol. The SMILES string of the molecule is Cc1ccc(CN(CCCN)C2CC2)cc1.